The second kappa shape index (κ2) is 6.17. The molecule has 1 saturated heterocycles. The van der Waals surface area contributed by atoms with E-state index in [1.54, 1.807) is 7.11 Å². The SMILES string of the molecule is COCC(CCO)N1CC2(CCCCCC2)C1. The molecule has 1 saturated carbocycles. The summed E-state index contributed by atoms with van der Waals surface area (Å²) in [7, 11) is 1.76. The second-order valence-corrected chi connectivity index (χ2v) is 5.94. The predicted molar refractivity (Wildman–Crippen MR) is 69.1 cm³/mol. The van der Waals surface area contributed by atoms with E-state index in [4.69, 9.17) is 9.84 Å². The number of aliphatic hydroxyl groups excluding tert-OH is 1. The van der Waals surface area contributed by atoms with Crippen LogP contribution in [0.1, 0.15) is 44.9 Å². The van der Waals surface area contributed by atoms with Gasteiger partial charge in [0.05, 0.1) is 6.61 Å². The summed E-state index contributed by atoms with van der Waals surface area (Å²) in [5, 5.41) is 9.10. The number of rotatable bonds is 5. The third kappa shape index (κ3) is 3.21. The Morgan fingerprint density at radius 3 is 2.35 bits per heavy atom. The van der Waals surface area contributed by atoms with Crippen LogP contribution in [0.5, 0.6) is 0 Å². The van der Waals surface area contributed by atoms with E-state index in [-0.39, 0.29) is 6.61 Å². The van der Waals surface area contributed by atoms with E-state index in [1.165, 1.54) is 51.6 Å². The van der Waals surface area contributed by atoms with Crippen LogP contribution in [-0.2, 0) is 4.74 Å². The highest BCUT2D eigenvalue weighted by Crippen LogP contribution is 2.43. The smallest absolute Gasteiger partial charge is 0.0618 e. The molecule has 1 N–H and O–H groups in total. The molecule has 3 heteroatoms. The molecule has 1 aliphatic heterocycles. The molecule has 0 aromatic rings. The molecule has 0 radical (unpaired) electrons. The molecule has 2 rings (SSSR count). The van der Waals surface area contributed by atoms with E-state index in [0.717, 1.165) is 13.0 Å². The fourth-order valence-electron chi connectivity index (χ4n) is 3.58. The van der Waals surface area contributed by atoms with Gasteiger partial charge < -0.3 is 9.84 Å². The summed E-state index contributed by atoms with van der Waals surface area (Å²) in [5.74, 6) is 0. The largest absolute Gasteiger partial charge is 0.396 e. The average Bonchev–Trinajstić information content (AvgIpc) is 2.52. The van der Waals surface area contributed by atoms with E-state index in [2.05, 4.69) is 4.90 Å². The van der Waals surface area contributed by atoms with Gasteiger partial charge in [-0.15, -0.1) is 0 Å². The zero-order valence-electron chi connectivity index (χ0n) is 11.2. The van der Waals surface area contributed by atoms with Crippen molar-refractivity contribution in [2.45, 2.75) is 51.0 Å². The number of methoxy groups -OCH3 is 1. The van der Waals surface area contributed by atoms with Crippen molar-refractivity contribution in [3.8, 4) is 0 Å². The van der Waals surface area contributed by atoms with Crippen molar-refractivity contribution in [2.24, 2.45) is 5.41 Å². The molecule has 3 nitrogen and oxygen atoms in total. The van der Waals surface area contributed by atoms with Gasteiger partial charge in [-0.05, 0) is 24.7 Å². The molecule has 1 aliphatic carbocycles. The Bertz CT molecular complexity index is 210. The lowest BCUT2D eigenvalue weighted by Gasteiger charge is -2.53. The quantitative estimate of drug-likeness (QED) is 0.799. The summed E-state index contributed by atoms with van der Waals surface area (Å²) in [5.41, 5.74) is 0.623. The predicted octanol–water partition coefficient (Wildman–Crippen LogP) is 2.04. The maximum Gasteiger partial charge on any atom is 0.0618 e. The van der Waals surface area contributed by atoms with Crippen LogP contribution in [0, 0.1) is 5.41 Å². The van der Waals surface area contributed by atoms with Crippen LogP contribution in [0.2, 0.25) is 0 Å². The molecule has 1 atom stereocenters. The summed E-state index contributed by atoms with van der Waals surface area (Å²) in [6.45, 7) is 3.51. The first kappa shape index (κ1) is 13.3. The average molecular weight is 241 g/mol. The van der Waals surface area contributed by atoms with Crippen LogP contribution in [0.4, 0.5) is 0 Å². The first-order chi connectivity index (χ1) is 8.29. The number of ether oxygens (including phenoxy) is 1. The van der Waals surface area contributed by atoms with Crippen molar-refractivity contribution >= 4 is 0 Å². The summed E-state index contributed by atoms with van der Waals surface area (Å²) in [6, 6.07) is 0.430. The van der Waals surface area contributed by atoms with Crippen LogP contribution >= 0.6 is 0 Å². The molecule has 1 spiro atoms. The van der Waals surface area contributed by atoms with Gasteiger partial charge in [0.15, 0.2) is 0 Å². The molecule has 0 aromatic carbocycles. The Balaban J connectivity index is 1.82. The fourth-order valence-corrected chi connectivity index (χ4v) is 3.58. The van der Waals surface area contributed by atoms with E-state index >= 15 is 0 Å². The second-order valence-electron chi connectivity index (χ2n) is 5.94. The van der Waals surface area contributed by atoms with Crippen LogP contribution in [-0.4, -0.2) is 49.5 Å². The number of hydrogen-bond donors (Lipinski definition) is 1. The van der Waals surface area contributed by atoms with Crippen LogP contribution < -0.4 is 0 Å². The molecule has 0 amide bonds. The lowest BCUT2D eigenvalue weighted by molar-refractivity contribution is -0.0649. The minimum Gasteiger partial charge on any atom is -0.396 e. The van der Waals surface area contributed by atoms with Gasteiger partial charge in [-0.1, -0.05) is 25.7 Å². The maximum absolute atomic E-state index is 9.10. The van der Waals surface area contributed by atoms with E-state index < -0.39 is 0 Å². The first-order valence-corrected chi connectivity index (χ1v) is 7.13. The summed E-state index contributed by atoms with van der Waals surface area (Å²) < 4.78 is 5.26. The van der Waals surface area contributed by atoms with Crippen molar-refractivity contribution in [1.82, 2.24) is 4.90 Å². The molecular weight excluding hydrogens is 214 g/mol. The number of likely N-dealkylation sites (tertiary alicyclic amines) is 1. The van der Waals surface area contributed by atoms with Crippen molar-refractivity contribution in [1.29, 1.82) is 0 Å². The summed E-state index contributed by atoms with van der Waals surface area (Å²) in [6.07, 6.45) is 9.39. The summed E-state index contributed by atoms with van der Waals surface area (Å²) >= 11 is 0. The lowest BCUT2D eigenvalue weighted by Crippen LogP contribution is -2.60. The van der Waals surface area contributed by atoms with Gasteiger partial charge in [0.2, 0.25) is 0 Å². The normalized spacial score (nSPS) is 26.5. The first-order valence-electron chi connectivity index (χ1n) is 7.13. The number of hydrogen-bond acceptors (Lipinski definition) is 3. The molecule has 0 bridgehead atoms. The highest BCUT2D eigenvalue weighted by molar-refractivity contribution is 4.98. The van der Waals surface area contributed by atoms with Gasteiger partial charge >= 0.3 is 0 Å². The summed E-state index contributed by atoms with van der Waals surface area (Å²) in [4.78, 5) is 2.52. The van der Waals surface area contributed by atoms with Crippen LogP contribution in [0.25, 0.3) is 0 Å². The van der Waals surface area contributed by atoms with Crippen molar-refractivity contribution in [3.63, 3.8) is 0 Å². The van der Waals surface area contributed by atoms with Crippen molar-refractivity contribution in [3.05, 3.63) is 0 Å². The highest BCUT2D eigenvalue weighted by atomic mass is 16.5. The maximum atomic E-state index is 9.10. The van der Waals surface area contributed by atoms with Gasteiger partial charge in [-0.25, -0.2) is 0 Å². The number of aliphatic hydroxyl groups is 1. The third-order valence-electron chi connectivity index (χ3n) is 4.58. The van der Waals surface area contributed by atoms with Crippen molar-refractivity contribution < 1.29 is 9.84 Å². The van der Waals surface area contributed by atoms with Gasteiger partial charge in [-0.2, -0.15) is 0 Å². The Morgan fingerprint density at radius 1 is 1.18 bits per heavy atom. The molecule has 0 aromatic heterocycles. The zero-order valence-corrected chi connectivity index (χ0v) is 11.2. The highest BCUT2D eigenvalue weighted by Gasteiger charge is 2.44. The minimum absolute atomic E-state index is 0.275. The standard InChI is InChI=1S/C14H27NO2/c1-17-10-13(6-9-16)15-11-14(12-15)7-4-2-3-5-8-14/h13,16H,2-12H2,1H3. The molecule has 17 heavy (non-hydrogen) atoms. The molecule has 1 unspecified atom stereocenters. The Labute approximate surface area is 105 Å². The molecule has 2 aliphatic rings. The zero-order chi connectivity index (χ0) is 12.1. The van der Waals surface area contributed by atoms with E-state index in [1.807, 2.05) is 0 Å². The third-order valence-corrected chi connectivity index (χ3v) is 4.58. The van der Waals surface area contributed by atoms with Crippen LogP contribution in [0.3, 0.4) is 0 Å². The fraction of sp³-hybridized carbons (Fsp3) is 1.00. The van der Waals surface area contributed by atoms with Crippen molar-refractivity contribution in [2.75, 3.05) is 33.4 Å². The van der Waals surface area contributed by atoms with E-state index in [9.17, 15) is 0 Å². The topological polar surface area (TPSA) is 32.7 Å². The minimum atomic E-state index is 0.275. The Morgan fingerprint density at radius 2 is 1.82 bits per heavy atom. The van der Waals surface area contributed by atoms with E-state index in [0.29, 0.717) is 11.5 Å². The Kier molecular flexibility index (Phi) is 4.83. The van der Waals surface area contributed by atoms with Gasteiger partial charge in [0, 0.05) is 32.8 Å². The van der Waals surface area contributed by atoms with Gasteiger partial charge in [0.1, 0.15) is 0 Å². The lowest BCUT2D eigenvalue weighted by atomic mass is 9.72. The molecule has 2 fully saturated rings. The molecular formula is C14H27NO2. The number of nitrogens with zero attached hydrogens (tertiary/aromatic N) is 1. The Hall–Kier alpha value is -0.120. The molecule has 1 heterocycles. The molecule has 100 valence electrons. The van der Waals surface area contributed by atoms with Crippen LogP contribution in [0.15, 0.2) is 0 Å². The monoisotopic (exact) mass is 241 g/mol. The van der Waals surface area contributed by atoms with Gasteiger partial charge in [-0.3, -0.25) is 4.90 Å². The van der Waals surface area contributed by atoms with Gasteiger partial charge in [0.25, 0.3) is 0 Å².